The maximum atomic E-state index is 11.9. The van der Waals surface area contributed by atoms with Gasteiger partial charge in [0.1, 0.15) is 0 Å². The molecule has 9 nitrogen and oxygen atoms in total. The number of halogens is 1. The Morgan fingerprint density at radius 3 is 2.88 bits per heavy atom. The number of phenolic OH excluding ortho intramolecular Hbond substituents is 1. The van der Waals surface area contributed by atoms with Crippen molar-refractivity contribution in [3.8, 4) is 11.5 Å². The molecule has 2 N–H and O–H groups in total. The number of benzene rings is 1. The van der Waals surface area contributed by atoms with Gasteiger partial charge in [0.15, 0.2) is 5.75 Å². The predicted molar refractivity (Wildman–Crippen MR) is 92.9 cm³/mol. The van der Waals surface area contributed by atoms with Gasteiger partial charge < -0.3 is 9.84 Å². The average Bonchev–Trinajstić information content (AvgIpc) is 2.57. The van der Waals surface area contributed by atoms with Crippen molar-refractivity contribution < 1.29 is 19.6 Å². The van der Waals surface area contributed by atoms with E-state index in [1.54, 1.807) is 13.0 Å². The number of carbonyl (C=O) groups is 1. The third-order valence-electron chi connectivity index (χ3n) is 2.92. The van der Waals surface area contributed by atoms with Crippen LogP contribution >= 0.6 is 15.9 Å². The minimum Gasteiger partial charge on any atom is -0.500 e. The van der Waals surface area contributed by atoms with Crippen LogP contribution < -0.4 is 10.2 Å². The highest BCUT2D eigenvalue weighted by molar-refractivity contribution is 9.10. The fraction of sp³-hybridized carbons (Fsp3) is 0.133. The maximum Gasteiger partial charge on any atom is 0.315 e. The van der Waals surface area contributed by atoms with Gasteiger partial charge in [-0.1, -0.05) is 0 Å². The molecule has 1 amide bonds. The van der Waals surface area contributed by atoms with Crippen LogP contribution in [0, 0.1) is 10.1 Å². The SMILES string of the molecule is CCOc1cc(/C=N\NC(=O)c2cncc(Br)c2)cc([N+](=O)[O-])c1O. The lowest BCUT2D eigenvalue weighted by Crippen LogP contribution is -2.17. The van der Waals surface area contributed by atoms with Gasteiger partial charge in [-0.15, -0.1) is 0 Å². The summed E-state index contributed by atoms with van der Waals surface area (Å²) >= 11 is 3.20. The fourth-order valence-electron chi connectivity index (χ4n) is 1.86. The molecule has 2 rings (SSSR count). The Labute approximate surface area is 150 Å². The third kappa shape index (κ3) is 4.73. The molecule has 0 aliphatic rings. The number of nitrogens with zero attached hydrogens (tertiary/aromatic N) is 3. The molecule has 25 heavy (non-hydrogen) atoms. The molecule has 0 saturated heterocycles. The number of hydrazone groups is 1. The zero-order valence-electron chi connectivity index (χ0n) is 13.0. The lowest BCUT2D eigenvalue weighted by molar-refractivity contribution is -0.386. The summed E-state index contributed by atoms with van der Waals surface area (Å²) in [7, 11) is 0. The van der Waals surface area contributed by atoms with E-state index >= 15 is 0 Å². The van der Waals surface area contributed by atoms with E-state index in [4.69, 9.17) is 4.74 Å². The predicted octanol–water partition coefficient (Wildman–Crippen LogP) is 2.62. The molecular formula is C15H13BrN4O5. The van der Waals surface area contributed by atoms with Gasteiger partial charge in [0, 0.05) is 28.5 Å². The topological polar surface area (TPSA) is 127 Å². The number of aromatic hydroxyl groups is 1. The number of aromatic nitrogens is 1. The summed E-state index contributed by atoms with van der Waals surface area (Å²) < 4.78 is 5.80. The van der Waals surface area contributed by atoms with Crippen LogP contribution in [0.3, 0.4) is 0 Å². The summed E-state index contributed by atoms with van der Waals surface area (Å²) in [6.45, 7) is 1.90. The zero-order chi connectivity index (χ0) is 18.4. The molecule has 0 fully saturated rings. The Balaban J connectivity index is 2.20. The minimum absolute atomic E-state index is 0.0410. The molecule has 0 unspecified atom stereocenters. The lowest BCUT2D eigenvalue weighted by atomic mass is 10.2. The Hall–Kier alpha value is -3.01. The number of nitro groups is 1. The van der Waals surface area contributed by atoms with Crippen LogP contribution in [0.4, 0.5) is 5.69 Å². The largest absolute Gasteiger partial charge is 0.500 e. The van der Waals surface area contributed by atoms with Crippen LogP contribution in [0.5, 0.6) is 11.5 Å². The second kappa shape index (κ2) is 8.20. The molecule has 1 heterocycles. The van der Waals surface area contributed by atoms with Crippen LogP contribution in [0.25, 0.3) is 0 Å². The van der Waals surface area contributed by atoms with Crippen LogP contribution in [0.15, 0.2) is 40.2 Å². The van der Waals surface area contributed by atoms with Gasteiger partial charge in [0.05, 0.1) is 23.3 Å². The average molecular weight is 409 g/mol. The standard InChI is InChI=1S/C15H13BrN4O5/c1-2-25-13-4-9(3-12(14(13)21)20(23)24)6-18-19-15(22)10-5-11(16)8-17-7-10/h3-8,21H,2H2,1H3,(H,19,22)/b18-6-. The van der Waals surface area contributed by atoms with Crippen molar-refractivity contribution in [3.05, 3.63) is 56.3 Å². The highest BCUT2D eigenvalue weighted by atomic mass is 79.9. The van der Waals surface area contributed by atoms with Crippen LogP contribution in [0.1, 0.15) is 22.8 Å². The van der Waals surface area contributed by atoms with Crippen LogP contribution in [0.2, 0.25) is 0 Å². The number of nitro benzene ring substituents is 1. The molecule has 2 aromatic rings. The van der Waals surface area contributed by atoms with E-state index in [9.17, 15) is 20.0 Å². The van der Waals surface area contributed by atoms with Gasteiger partial charge in [-0.2, -0.15) is 5.10 Å². The number of pyridine rings is 1. The first-order chi connectivity index (χ1) is 11.9. The first-order valence-electron chi connectivity index (χ1n) is 7.00. The highest BCUT2D eigenvalue weighted by Crippen LogP contribution is 2.36. The fourth-order valence-corrected chi connectivity index (χ4v) is 2.22. The molecule has 0 spiro atoms. The second-order valence-corrected chi connectivity index (χ2v) is 5.58. The Kier molecular flexibility index (Phi) is 6.01. The molecule has 0 radical (unpaired) electrons. The van der Waals surface area contributed by atoms with Crippen molar-refractivity contribution >= 4 is 33.7 Å². The third-order valence-corrected chi connectivity index (χ3v) is 3.35. The van der Waals surface area contributed by atoms with E-state index in [0.717, 1.165) is 6.07 Å². The van der Waals surface area contributed by atoms with Crippen molar-refractivity contribution in [1.82, 2.24) is 10.4 Å². The van der Waals surface area contributed by atoms with Crippen LogP contribution in [-0.4, -0.2) is 33.7 Å². The molecular weight excluding hydrogens is 396 g/mol. The molecule has 0 bridgehead atoms. The summed E-state index contributed by atoms with van der Waals surface area (Å²) in [5.41, 5.74) is 2.34. The van der Waals surface area contributed by atoms with E-state index in [-0.39, 0.29) is 17.9 Å². The summed E-state index contributed by atoms with van der Waals surface area (Å²) in [4.78, 5) is 26.1. The van der Waals surface area contributed by atoms with Crippen molar-refractivity contribution in [2.24, 2.45) is 5.10 Å². The highest BCUT2D eigenvalue weighted by Gasteiger charge is 2.19. The number of phenols is 1. The van der Waals surface area contributed by atoms with Crippen molar-refractivity contribution in [1.29, 1.82) is 0 Å². The number of hydrogen-bond acceptors (Lipinski definition) is 7. The van der Waals surface area contributed by atoms with Crippen LogP contribution in [-0.2, 0) is 0 Å². The van der Waals surface area contributed by atoms with Gasteiger partial charge in [0.25, 0.3) is 5.91 Å². The molecule has 10 heteroatoms. The number of amides is 1. The van der Waals surface area contributed by atoms with Gasteiger partial charge in [-0.3, -0.25) is 19.9 Å². The van der Waals surface area contributed by atoms with Gasteiger partial charge >= 0.3 is 5.69 Å². The quantitative estimate of drug-likeness (QED) is 0.429. The first kappa shape index (κ1) is 18.3. The number of carbonyl (C=O) groups excluding carboxylic acids is 1. The van der Waals surface area contributed by atoms with Crippen molar-refractivity contribution in [2.45, 2.75) is 6.92 Å². The normalized spacial score (nSPS) is 10.6. The molecule has 0 aliphatic heterocycles. The lowest BCUT2D eigenvalue weighted by Gasteiger charge is -2.07. The van der Waals surface area contributed by atoms with E-state index < -0.39 is 22.3 Å². The molecule has 0 saturated carbocycles. The van der Waals surface area contributed by atoms with Gasteiger partial charge in [0.2, 0.25) is 5.75 Å². The van der Waals surface area contributed by atoms with Gasteiger partial charge in [-0.25, -0.2) is 5.43 Å². The minimum atomic E-state index is -0.735. The molecule has 1 aromatic carbocycles. The summed E-state index contributed by atoms with van der Waals surface area (Å²) in [6, 6.07) is 4.06. The number of rotatable bonds is 6. The Morgan fingerprint density at radius 1 is 1.48 bits per heavy atom. The Bertz CT molecular complexity index is 841. The molecule has 1 aromatic heterocycles. The number of nitrogens with one attached hydrogen (secondary N) is 1. The smallest absolute Gasteiger partial charge is 0.315 e. The molecule has 0 aliphatic carbocycles. The number of hydrogen-bond donors (Lipinski definition) is 2. The van der Waals surface area contributed by atoms with E-state index in [1.807, 2.05) is 0 Å². The van der Waals surface area contributed by atoms with Crippen molar-refractivity contribution in [2.75, 3.05) is 6.61 Å². The van der Waals surface area contributed by atoms with Gasteiger partial charge in [-0.05, 0) is 35.0 Å². The van der Waals surface area contributed by atoms with Crippen molar-refractivity contribution in [3.63, 3.8) is 0 Å². The summed E-state index contributed by atoms with van der Waals surface area (Å²) in [5, 5.41) is 24.6. The monoisotopic (exact) mass is 408 g/mol. The van der Waals surface area contributed by atoms with E-state index in [1.165, 1.54) is 24.7 Å². The molecule has 130 valence electrons. The molecule has 0 atom stereocenters. The second-order valence-electron chi connectivity index (χ2n) is 4.67. The number of ether oxygens (including phenoxy) is 1. The first-order valence-corrected chi connectivity index (χ1v) is 7.79. The summed E-state index contributed by atoms with van der Waals surface area (Å²) in [5.74, 6) is -1.10. The summed E-state index contributed by atoms with van der Waals surface area (Å²) in [6.07, 6.45) is 4.11. The Morgan fingerprint density at radius 2 is 2.24 bits per heavy atom. The van der Waals surface area contributed by atoms with E-state index in [0.29, 0.717) is 10.0 Å². The zero-order valence-corrected chi connectivity index (χ0v) is 14.6. The maximum absolute atomic E-state index is 11.9. The van der Waals surface area contributed by atoms with E-state index in [2.05, 4.69) is 31.4 Å².